The van der Waals surface area contributed by atoms with Crippen LogP contribution in [0.3, 0.4) is 0 Å². The monoisotopic (exact) mass is 313 g/mol. The molecule has 0 aromatic heterocycles. The summed E-state index contributed by atoms with van der Waals surface area (Å²) in [5.74, 6) is -0.217. The lowest BCUT2D eigenvalue weighted by atomic mass is 9.97. The van der Waals surface area contributed by atoms with E-state index in [2.05, 4.69) is 31.2 Å². The Morgan fingerprint density at radius 1 is 0.917 bits per heavy atom. The van der Waals surface area contributed by atoms with Gasteiger partial charge in [0.05, 0.1) is 11.6 Å². The van der Waals surface area contributed by atoms with E-state index in [0.717, 1.165) is 29.5 Å². The van der Waals surface area contributed by atoms with E-state index in [1.54, 1.807) is 30.3 Å². The topological polar surface area (TPSA) is 23.8 Å². The molecule has 116 valence electrons. The molecule has 0 atom stereocenters. The van der Waals surface area contributed by atoms with Gasteiger partial charge in [0, 0.05) is 5.56 Å². The van der Waals surface area contributed by atoms with Crippen molar-refractivity contribution in [3.8, 4) is 28.3 Å². The normalized spacial score (nSPS) is 11.7. The molecule has 0 bridgehead atoms. The fraction of sp³-hybridized carbons (Fsp3) is 0.136. The van der Waals surface area contributed by atoms with Crippen molar-refractivity contribution in [3.63, 3.8) is 0 Å². The average molecular weight is 313 g/mol. The molecule has 24 heavy (non-hydrogen) atoms. The first-order chi connectivity index (χ1) is 11.7. The number of hydrogen-bond donors (Lipinski definition) is 0. The zero-order valence-corrected chi connectivity index (χ0v) is 13.4. The first kappa shape index (κ1) is 14.7. The van der Waals surface area contributed by atoms with E-state index in [9.17, 15) is 4.39 Å². The van der Waals surface area contributed by atoms with Gasteiger partial charge in [-0.15, -0.1) is 0 Å². The summed E-state index contributed by atoms with van der Waals surface area (Å²) in [5.41, 5.74) is 7.89. The predicted molar refractivity (Wildman–Crippen MR) is 94.2 cm³/mol. The van der Waals surface area contributed by atoms with Gasteiger partial charge in [-0.2, -0.15) is 5.26 Å². The van der Waals surface area contributed by atoms with Crippen molar-refractivity contribution >= 4 is 0 Å². The zero-order chi connectivity index (χ0) is 16.7. The predicted octanol–water partition coefficient (Wildman–Crippen LogP) is 5.50. The molecule has 1 aliphatic rings. The molecule has 0 N–H and O–H groups in total. The molecular weight excluding hydrogens is 297 g/mol. The quantitative estimate of drug-likeness (QED) is 0.479. The van der Waals surface area contributed by atoms with E-state index < -0.39 is 0 Å². The van der Waals surface area contributed by atoms with Crippen LogP contribution in [0.1, 0.15) is 29.2 Å². The highest BCUT2D eigenvalue weighted by Gasteiger charge is 2.21. The molecule has 0 aliphatic heterocycles. The Kier molecular flexibility index (Phi) is 3.43. The molecule has 0 unspecified atom stereocenters. The zero-order valence-electron chi connectivity index (χ0n) is 13.4. The minimum Gasteiger partial charge on any atom is -0.206 e. The number of hydrogen-bond acceptors (Lipinski definition) is 1. The van der Waals surface area contributed by atoms with Crippen LogP contribution in [-0.2, 0) is 12.8 Å². The molecule has 1 aliphatic carbocycles. The summed E-state index contributed by atoms with van der Waals surface area (Å²) in [4.78, 5) is 0. The van der Waals surface area contributed by atoms with Crippen LogP contribution in [0, 0.1) is 17.1 Å². The Labute approximate surface area is 141 Å². The largest absolute Gasteiger partial charge is 0.206 e. The van der Waals surface area contributed by atoms with Crippen LogP contribution in [0.25, 0.3) is 22.3 Å². The fourth-order valence-electron chi connectivity index (χ4n) is 3.44. The lowest BCUT2D eigenvalue weighted by molar-refractivity contribution is 0.631. The molecule has 4 rings (SSSR count). The summed E-state index contributed by atoms with van der Waals surface area (Å²) >= 11 is 0. The Hall–Kier alpha value is -2.92. The van der Waals surface area contributed by atoms with Crippen molar-refractivity contribution in [2.75, 3.05) is 0 Å². The Bertz CT molecular complexity index is 978. The minimum absolute atomic E-state index is 0.217. The fourth-order valence-corrected chi connectivity index (χ4v) is 3.44. The Morgan fingerprint density at radius 3 is 2.38 bits per heavy atom. The average Bonchev–Trinajstić information content (AvgIpc) is 2.97. The number of nitrogens with zero attached hydrogens (tertiary/aromatic N) is 1. The number of benzene rings is 3. The molecule has 3 aromatic carbocycles. The molecule has 0 spiro atoms. The number of fused-ring (bicyclic) bond motifs is 3. The third-order valence-corrected chi connectivity index (χ3v) is 4.77. The molecule has 0 amide bonds. The first-order valence-electron chi connectivity index (χ1n) is 8.14. The summed E-state index contributed by atoms with van der Waals surface area (Å²) in [6.07, 6.45) is 1.86. The molecule has 3 aromatic rings. The number of nitriles is 1. The van der Waals surface area contributed by atoms with E-state index in [4.69, 9.17) is 5.26 Å². The van der Waals surface area contributed by atoms with Crippen molar-refractivity contribution < 1.29 is 4.39 Å². The SMILES string of the molecule is CCc1ccc2c(c1)Cc1cc(-c3ccc(C#N)cc3)c(F)cc1-2. The van der Waals surface area contributed by atoms with E-state index >= 15 is 0 Å². The van der Waals surface area contributed by atoms with Gasteiger partial charge in [0.25, 0.3) is 0 Å². The van der Waals surface area contributed by atoms with Crippen LogP contribution in [0.15, 0.2) is 54.6 Å². The summed E-state index contributed by atoms with van der Waals surface area (Å²) in [6.45, 7) is 2.15. The van der Waals surface area contributed by atoms with E-state index in [1.807, 2.05) is 6.07 Å². The van der Waals surface area contributed by atoms with Gasteiger partial charge in [0.2, 0.25) is 0 Å². The lowest BCUT2D eigenvalue weighted by Gasteiger charge is -2.08. The van der Waals surface area contributed by atoms with Crippen LogP contribution in [0.5, 0.6) is 0 Å². The molecule has 0 heterocycles. The van der Waals surface area contributed by atoms with Crippen molar-refractivity contribution in [1.82, 2.24) is 0 Å². The second-order valence-electron chi connectivity index (χ2n) is 6.20. The van der Waals surface area contributed by atoms with E-state index in [1.165, 1.54) is 16.7 Å². The highest BCUT2D eigenvalue weighted by molar-refractivity contribution is 5.81. The number of aryl methyl sites for hydroxylation is 1. The second-order valence-corrected chi connectivity index (χ2v) is 6.20. The Balaban J connectivity index is 1.80. The summed E-state index contributed by atoms with van der Waals surface area (Å²) < 4.78 is 14.7. The Morgan fingerprint density at radius 2 is 1.67 bits per heavy atom. The van der Waals surface area contributed by atoms with Crippen molar-refractivity contribution in [1.29, 1.82) is 5.26 Å². The van der Waals surface area contributed by atoms with Crippen LogP contribution < -0.4 is 0 Å². The molecule has 1 nitrogen and oxygen atoms in total. The molecule has 0 radical (unpaired) electrons. The standard InChI is InChI=1S/C22H16FN/c1-2-14-5-8-19-17(9-14)10-18-11-21(22(23)12-20(18)19)16-6-3-15(13-24)4-7-16/h3-9,11-12H,2,10H2,1H3. The van der Waals surface area contributed by atoms with E-state index in [0.29, 0.717) is 11.1 Å². The van der Waals surface area contributed by atoms with Gasteiger partial charge in [0.15, 0.2) is 0 Å². The molecule has 2 heteroatoms. The summed E-state index contributed by atoms with van der Waals surface area (Å²) in [7, 11) is 0. The maximum absolute atomic E-state index is 14.7. The van der Waals surface area contributed by atoms with Gasteiger partial charge >= 0.3 is 0 Å². The van der Waals surface area contributed by atoms with Gasteiger partial charge in [-0.05, 0) is 70.5 Å². The van der Waals surface area contributed by atoms with Gasteiger partial charge in [-0.1, -0.05) is 37.3 Å². The number of halogens is 1. The molecule has 0 fully saturated rings. The van der Waals surface area contributed by atoms with Gasteiger partial charge in [-0.3, -0.25) is 0 Å². The van der Waals surface area contributed by atoms with Gasteiger partial charge < -0.3 is 0 Å². The molecular formula is C22H16FN. The van der Waals surface area contributed by atoms with E-state index in [-0.39, 0.29) is 5.82 Å². The van der Waals surface area contributed by atoms with Crippen LogP contribution in [0.2, 0.25) is 0 Å². The highest BCUT2D eigenvalue weighted by Crippen LogP contribution is 2.40. The van der Waals surface area contributed by atoms with Gasteiger partial charge in [-0.25, -0.2) is 4.39 Å². The van der Waals surface area contributed by atoms with Crippen LogP contribution in [0.4, 0.5) is 4.39 Å². The summed E-state index contributed by atoms with van der Waals surface area (Å²) in [5, 5.41) is 8.90. The number of rotatable bonds is 2. The van der Waals surface area contributed by atoms with Crippen LogP contribution in [-0.4, -0.2) is 0 Å². The molecule has 0 saturated carbocycles. The summed E-state index contributed by atoms with van der Waals surface area (Å²) in [6, 6.07) is 19.2. The first-order valence-corrected chi connectivity index (χ1v) is 8.14. The maximum Gasteiger partial charge on any atom is 0.131 e. The van der Waals surface area contributed by atoms with Gasteiger partial charge in [0.1, 0.15) is 5.82 Å². The smallest absolute Gasteiger partial charge is 0.131 e. The highest BCUT2D eigenvalue weighted by atomic mass is 19.1. The maximum atomic E-state index is 14.7. The second kappa shape index (κ2) is 5.62. The lowest BCUT2D eigenvalue weighted by Crippen LogP contribution is -1.89. The van der Waals surface area contributed by atoms with Crippen LogP contribution >= 0.6 is 0 Å². The minimum atomic E-state index is -0.217. The third-order valence-electron chi connectivity index (χ3n) is 4.77. The van der Waals surface area contributed by atoms with Crippen molar-refractivity contribution in [3.05, 3.63) is 82.7 Å². The van der Waals surface area contributed by atoms with Crippen molar-refractivity contribution in [2.45, 2.75) is 19.8 Å². The third kappa shape index (κ3) is 2.30. The van der Waals surface area contributed by atoms with Crippen molar-refractivity contribution in [2.24, 2.45) is 0 Å². The molecule has 0 saturated heterocycles.